The first-order valence-electron chi connectivity index (χ1n) is 9.66. The smallest absolute Gasteiger partial charge is 0.231 e. The zero-order valence-corrected chi connectivity index (χ0v) is 15.4. The maximum Gasteiger partial charge on any atom is 0.231 e. The molecule has 1 spiro atoms. The summed E-state index contributed by atoms with van der Waals surface area (Å²) in [5.74, 6) is 0.350. The molecule has 0 saturated carbocycles. The fraction of sp³-hybridized carbons (Fsp3) is 0.650. The molecule has 6 nitrogen and oxygen atoms in total. The molecule has 1 aromatic rings. The molecule has 2 amide bonds. The molecule has 3 saturated heterocycles. The summed E-state index contributed by atoms with van der Waals surface area (Å²) < 4.78 is 5.37. The van der Waals surface area contributed by atoms with Crippen LogP contribution in [0.15, 0.2) is 18.2 Å². The van der Waals surface area contributed by atoms with Crippen molar-refractivity contribution in [1.82, 2.24) is 14.8 Å². The van der Waals surface area contributed by atoms with Gasteiger partial charge in [-0.25, -0.2) is 0 Å². The number of carbonyl (C=O) groups excluding carboxylic acids is 2. The van der Waals surface area contributed by atoms with Crippen LogP contribution in [0.5, 0.6) is 0 Å². The monoisotopic (exact) mass is 357 g/mol. The van der Waals surface area contributed by atoms with Gasteiger partial charge >= 0.3 is 0 Å². The highest BCUT2D eigenvalue weighted by Crippen LogP contribution is 2.41. The molecule has 26 heavy (non-hydrogen) atoms. The van der Waals surface area contributed by atoms with Crippen LogP contribution in [0, 0.1) is 18.3 Å². The van der Waals surface area contributed by atoms with Crippen molar-refractivity contribution in [3.63, 3.8) is 0 Å². The lowest BCUT2D eigenvalue weighted by atomic mass is 9.78. The van der Waals surface area contributed by atoms with Crippen LogP contribution in [0.1, 0.15) is 37.1 Å². The average Bonchev–Trinajstić information content (AvgIpc) is 3.27. The van der Waals surface area contributed by atoms with Crippen LogP contribution in [0.3, 0.4) is 0 Å². The molecule has 0 N–H and O–H groups in total. The molecule has 140 valence electrons. The van der Waals surface area contributed by atoms with Crippen LogP contribution in [-0.4, -0.2) is 59.4 Å². The third-order valence-electron chi connectivity index (χ3n) is 6.07. The molecular weight excluding hydrogens is 330 g/mol. The predicted octanol–water partition coefficient (Wildman–Crippen LogP) is 1.77. The first-order valence-corrected chi connectivity index (χ1v) is 9.66. The van der Waals surface area contributed by atoms with Gasteiger partial charge < -0.3 is 14.5 Å². The van der Waals surface area contributed by atoms with E-state index < -0.39 is 5.41 Å². The lowest BCUT2D eigenvalue weighted by molar-refractivity contribution is -0.145. The summed E-state index contributed by atoms with van der Waals surface area (Å²) in [4.78, 5) is 34.3. The highest BCUT2D eigenvalue weighted by atomic mass is 16.5. The molecule has 0 radical (unpaired) electrons. The topological polar surface area (TPSA) is 62.7 Å². The van der Waals surface area contributed by atoms with E-state index in [1.807, 2.05) is 34.9 Å². The molecular formula is C20H27N3O3. The Morgan fingerprint density at radius 1 is 1.35 bits per heavy atom. The zero-order chi connectivity index (χ0) is 18.1. The highest BCUT2D eigenvalue weighted by Gasteiger charge is 2.50. The van der Waals surface area contributed by atoms with Crippen molar-refractivity contribution >= 4 is 11.8 Å². The molecule has 0 bridgehead atoms. The summed E-state index contributed by atoms with van der Waals surface area (Å²) in [6.07, 6.45) is 3.43. The van der Waals surface area contributed by atoms with Crippen molar-refractivity contribution in [3.05, 3.63) is 29.6 Å². The Kier molecular flexibility index (Phi) is 4.69. The van der Waals surface area contributed by atoms with Gasteiger partial charge in [0, 0.05) is 31.9 Å². The molecule has 2 atom stereocenters. The van der Waals surface area contributed by atoms with Gasteiger partial charge in [-0.3, -0.25) is 14.6 Å². The number of carbonyl (C=O) groups is 2. The van der Waals surface area contributed by atoms with Gasteiger partial charge in [0.15, 0.2) is 0 Å². The van der Waals surface area contributed by atoms with E-state index in [1.165, 1.54) is 0 Å². The van der Waals surface area contributed by atoms with Crippen molar-refractivity contribution in [2.24, 2.45) is 11.3 Å². The number of aromatic nitrogens is 1. The summed E-state index contributed by atoms with van der Waals surface area (Å²) in [6.45, 7) is 5.82. The molecule has 3 aliphatic rings. The Morgan fingerprint density at radius 2 is 2.23 bits per heavy atom. The van der Waals surface area contributed by atoms with Gasteiger partial charge in [0.1, 0.15) is 0 Å². The Balaban J connectivity index is 1.44. The van der Waals surface area contributed by atoms with Gasteiger partial charge in [0.25, 0.3) is 0 Å². The number of hydrogen-bond acceptors (Lipinski definition) is 4. The normalized spacial score (nSPS) is 29.0. The molecule has 0 aromatic carbocycles. The minimum absolute atomic E-state index is 0.0192. The molecule has 0 unspecified atom stereocenters. The summed E-state index contributed by atoms with van der Waals surface area (Å²) in [5, 5.41) is 0. The van der Waals surface area contributed by atoms with Gasteiger partial charge in [-0.2, -0.15) is 0 Å². The van der Waals surface area contributed by atoms with Gasteiger partial charge in [0.2, 0.25) is 11.8 Å². The largest absolute Gasteiger partial charge is 0.381 e. The van der Waals surface area contributed by atoms with Crippen LogP contribution in [0.4, 0.5) is 0 Å². The van der Waals surface area contributed by atoms with E-state index in [4.69, 9.17) is 4.74 Å². The number of amides is 2. The second-order valence-corrected chi connectivity index (χ2v) is 7.95. The molecule has 3 aliphatic heterocycles. The maximum absolute atomic E-state index is 13.2. The average molecular weight is 357 g/mol. The highest BCUT2D eigenvalue weighted by molar-refractivity contribution is 5.87. The third kappa shape index (κ3) is 3.22. The maximum atomic E-state index is 13.2. The van der Waals surface area contributed by atoms with Crippen LogP contribution >= 0.6 is 0 Å². The number of piperidine rings is 1. The van der Waals surface area contributed by atoms with E-state index in [-0.39, 0.29) is 17.7 Å². The lowest BCUT2D eigenvalue weighted by Crippen LogP contribution is -2.51. The van der Waals surface area contributed by atoms with Gasteiger partial charge in [-0.05, 0) is 44.7 Å². The number of ether oxygens (including phenoxy) is 1. The summed E-state index contributed by atoms with van der Waals surface area (Å²) >= 11 is 0. The summed E-state index contributed by atoms with van der Waals surface area (Å²) in [5.41, 5.74) is 1.51. The summed E-state index contributed by atoms with van der Waals surface area (Å²) in [6, 6.07) is 5.93. The van der Waals surface area contributed by atoms with Gasteiger partial charge in [-0.1, -0.05) is 6.07 Å². The lowest BCUT2D eigenvalue weighted by Gasteiger charge is -2.39. The number of aryl methyl sites for hydroxylation is 1. The molecule has 3 fully saturated rings. The third-order valence-corrected chi connectivity index (χ3v) is 6.07. The summed E-state index contributed by atoms with van der Waals surface area (Å²) in [7, 11) is 0. The minimum Gasteiger partial charge on any atom is -0.381 e. The van der Waals surface area contributed by atoms with Crippen LogP contribution < -0.4 is 0 Å². The van der Waals surface area contributed by atoms with Gasteiger partial charge in [0.05, 0.1) is 30.2 Å². The van der Waals surface area contributed by atoms with Crippen molar-refractivity contribution in [3.8, 4) is 0 Å². The Bertz CT molecular complexity index is 701. The molecule has 4 heterocycles. The fourth-order valence-electron chi connectivity index (χ4n) is 4.61. The van der Waals surface area contributed by atoms with Crippen molar-refractivity contribution in [1.29, 1.82) is 0 Å². The molecule has 0 aliphatic carbocycles. The Morgan fingerprint density at radius 3 is 3.00 bits per heavy atom. The van der Waals surface area contributed by atoms with E-state index in [0.717, 1.165) is 50.2 Å². The molecule has 6 heteroatoms. The van der Waals surface area contributed by atoms with Crippen LogP contribution in [-0.2, 0) is 20.9 Å². The van der Waals surface area contributed by atoms with E-state index >= 15 is 0 Å². The fourth-order valence-corrected chi connectivity index (χ4v) is 4.61. The number of hydrogen-bond donors (Lipinski definition) is 0. The van der Waals surface area contributed by atoms with E-state index in [9.17, 15) is 9.59 Å². The number of rotatable bonds is 3. The quantitative estimate of drug-likeness (QED) is 0.827. The molecule has 1 aromatic heterocycles. The first kappa shape index (κ1) is 17.5. The van der Waals surface area contributed by atoms with E-state index in [0.29, 0.717) is 26.3 Å². The van der Waals surface area contributed by atoms with Crippen molar-refractivity contribution in [2.45, 2.75) is 39.2 Å². The van der Waals surface area contributed by atoms with Gasteiger partial charge in [-0.15, -0.1) is 0 Å². The Labute approximate surface area is 154 Å². The van der Waals surface area contributed by atoms with Crippen LogP contribution in [0.2, 0.25) is 0 Å². The first-order chi connectivity index (χ1) is 12.6. The van der Waals surface area contributed by atoms with Crippen LogP contribution in [0.25, 0.3) is 0 Å². The van der Waals surface area contributed by atoms with Crippen molar-refractivity contribution in [2.75, 3.05) is 32.8 Å². The zero-order valence-electron chi connectivity index (χ0n) is 15.4. The van der Waals surface area contributed by atoms with Crippen molar-refractivity contribution < 1.29 is 14.3 Å². The standard InChI is InChI=1S/C20H27N3O3/c1-15-4-2-5-17(21-15)12-22-10-8-20(19(22)25)7-3-9-23(14-20)18(24)16-6-11-26-13-16/h2,4-5,16H,3,6-14H2,1H3/t16-,20+/m0/s1. The SMILES string of the molecule is Cc1cccc(CN2CC[C@@]3(CCCN(C(=O)[C@H]4CCOC4)C3)C2=O)n1. The second-order valence-electron chi connectivity index (χ2n) is 7.95. The number of pyridine rings is 1. The van der Waals surface area contributed by atoms with E-state index in [1.54, 1.807) is 0 Å². The molecule has 4 rings (SSSR count). The minimum atomic E-state index is -0.392. The Hall–Kier alpha value is -1.95. The van der Waals surface area contributed by atoms with E-state index in [2.05, 4.69) is 4.98 Å². The number of likely N-dealkylation sites (tertiary alicyclic amines) is 2. The second kappa shape index (κ2) is 6.99. The number of nitrogens with zero attached hydrogens (tertiary/aromatic N) is 3. The predicted molar refractivity (Wildman–Crippen MR) is 96.2 cm³/mol.